The normalized spacial score (nSPS) is 14.2. The fourth-order valence-electron chi connectivity index (χ4n) is 10.1. The van der Waals surface area contributed by atoms with Crippen LogP contribution in [0.2, 0.25) is 0 Å². The molecule has 2 aliphatic rings. The molecule has 8 aromatic carbocycles. The summed E-state index contributed by atoms with van der Waals surface area (Å²) in [4.78, 5) is 13.8. The average molecular weight is 732 g/mol. The Morgan fingerprint density at radius 1 is 0.404 bits per heavy atom. The van der Waals surface area contributed by atoms with Gasteiger partial charge in [-0.05, 0) is 85.6 Å². The highest BCUT2D eigenvalue weighted by Crippen LogP contribution is 2.65. The Labute approximate surface area is 334 Å². The quantitative estimate of drug-likeness (QED) is 0.176. The van der Waals surface area contributed by atoms with Crippen LogP contribution in [0, 0.1) is 0 Å². The van der Waals surface area contributed by atoms with Gasteiger partial charge in [0.1, 0.15) is 0 Å². The minimum absolute atomic E-state index is 0.354. The highest BCUT2D eigenvalue weighted by molar-refractivity contribution is 6.10. The Morgan fingerprint density at radius 2 is 0.877 bits per heavy atom. The maximum atomic E-state index is 5.75. The topological polar surface area (TPSA) is 29.0 Å². The fourth-order valence-corrected chi connectivity index (χ4v) is 10.1. The van der Waals surface area contributed by atoms with Crippen LogP contribution in [0.3, 0.4) is 0 Å². The van der Waals surface area contributed by atoms with E-state index in [1.807, 2.05) is 0 Å². The number of benzene rings is 8. The van der Waals surface area contributed by atoms with Gasteiger partial charge in [-0.3, -0.25) is 0 Å². The molecule has 0 atom stereocenters. The van der Waals surface area contributed by atoms with Gasteiger partial charge in [0.25, 0.3) is 0 Å². The minimum atomic E-state index is -0.354. The standard InChI is InChI=1S/C54H41N3/c1-53(2)42-31-16-13-27-39(42)45-47(52-55-44-33-18-15-29-41(44)50(56-52)38-30-19-21-34-20-11-12-26-37(34)38)46-40-28-14-17-32-43(40)54(3,4)49(46)51(48(45)53)57(35-22-7-5-8-23-35)36-24-9-6-10-25-36/h5-33H,1-4H3. The SMILES string of the molecule is CC1(C)c2ccccc2-c2c(-c3nc(-c4cccc5ccccc45)c4ccccc4n3)c3c(c(N(c4ccccc4)c4ccccc4)c21)C(C)(C)c1ccccc1-3. The van der Waals surface area contributed by atoms with Gasteiger partial charge in [0, 0.05) is 38.7 Å². The van der Waals surface area contributed by atoms with Crippen molar-refractivity contribution < 1.29 is 0 Å². The highest BCUT2D eigenvalue weighted by Gasteiger charge is 2.49. The summed E-state index contributed by atoms with van der Waals surface area (Å²) in [5, 5.41) is 3.42. The summed E-state index contributed by atoms with van der Waals surface area (Å²) < 4.78 is 0. The van der Waals surface area contributed by atoms with E-state index in [0.29, 0.717) is 0 Å². The molecule has 11 rings (SSSR count). The van der Waals surface area contributed by atoms with Gasteiger partial charge in [0.05, 0.1) is 16.9 Å². The zero-order chi connectivity index (χ0) is 38.5. The van der Waals surface area contributed by atoms with E-state index in [2.05, 4.69) is 209 Å². The zero-order valence-corrected chi connectivity index (χ0v) is 32.6. The second-order valence-electron chi connectivity index (χ2n) is 16.5. The molecule has 0 saturated carbocycles. The molecule has 272 valence electrons. The molecule has 0 N–H and O–H groups in total. The number of anilines is 3. The zero-order valence-electron chi connectivity index (χ0n) is 32.6. The van der Waals surface area contributed by atoms with Gasteiger partial charge in [-0.2, -0.15) is 0 Å². The van der Waals surface area contributed by atoms with Crippen LogP contribution in [-0.4, -0.2) is 9.97 Å². The molecule has 0 unspecified atom stereocenters. The molecule has 0 amide bonds. The molecule has 1 heterocycles. The maximum Gasteiger partial charge on any atom is 0.161 e. The summed E-state index contributed by atoms with van der Waals surface area (Å²) in [6.07, 6.45) is 0. The molecular weight excluding hydrogens is 691 g/mol. The third-order valence-corrected chi connectivity index (χ3v) is 12.6. The van der Waals surface area contributed by atoms with E-state index in [4.69, 9.17) is 9.97 Å². The van der Waals surface area contributed by atoms with Gasteiger partial charge >= 0.3 is 0 Å². The van der Waals surface area contributed by atoms with Crippen molar-refractivity contribution in [2.45, 2.75) is 38.5 Å². The molecule has 3 nitrogen and oxygen atoms in total. The number of para-hydroxylation sites is 3. The Hall–Kier alpha value is -6.84. The first-order valence-corrected chi connectivity index (χ1v) is 19.9. The van der Waals surface area contributed by atoms with E-state index in [0.717, 1.165) is 44.9 Å². The first-order valence-electron chi connectivity index (χ1n) is 19.9. The van der Waals surface area contributed by atoms with E-state index in [1.54, 1.807) is 0 Å². The Balaban J connectivity index is 1.36. The summed E-state index contributed by atoms with van der Waals surface area (Å²) in [5.74, 6) is 0.752. The lowest BCUT2D eigenvalue weighted by Crippen LogP contribution is -2.26. The number of nitrogens with zero attached hydrogens (tertiary/aromatic N) is 3. The van der Waals surface area contributed by atoms with Crippen LogP contribution in [0.4, 0.5) is 17.1 Å². The van der Waals surface area contributed by atoms with Gasteiger partial charge in [-0.1, -0.05) is 173 Å². The van der Waals surface area contributed by atoms with Crippen molar-refractivity contribution >= 4 is 38.7 Å². The number of rotatable bonds is 5. The molecule has 0 spiro atoms. The largest absolute Gasteiger partial charge is 0.310 e. The van der Waals surface area contributed by atoms with Gasteiger partial charge in [-0.15, -0.1) is 0 Å². The lowest BCUT2D eigenvalue weighted by Gasteiger charge is -2.37. The van der Waals surface area contributed by atoms with Gasteiger partial charge in [-0.25, -0.2) is 9.97 Å². The van der Waals surface area contributed by atoms with Gasteiger partial charge in [0.15, 0.2) is 5.82 Å². The molecule has 57 heavy (non-hydrogen) atoms. The molecule has 3 heteroatoms. The van der Waals surface area contributed by atoms with Gasteiger partial charge < -0.3 is 4.90 Å². The molecule has 0 bridgehead atoms. The van der Waals surface area contributed by atoms with E-state index < -0.39 is 0 Å². The van der Waals surface area contributed by atoms with Crippen molar-refractivity contribution in [3.05, 3.63) is 198 Å². The molecule has 0 saturated heterocycles. The van der Waals surface area contributed by atoms with Crippen molar-refractivity contribution in [1.82, 2.24) is 9.97 Å². The Kier molecular flexibility index (Phi) is 7.25. The Morgan fingerprint density at radius 3 is 1.49 bits per heavy atom. The summed E-state index contributed by atoms with van der Waals surface area (Å²) >= 11 is 0. The molecule has 9 aromatic rings. The summed E-state index contributed by atoms with van der Waals surface area (Å²) in [6, 6.07) is 63.5. The van der Waals surface area contributed by atoms with Crippen LogP contribution >= 0.6 is 0 Å². The van der Waals surface area contributed by atoms with Crippen LogP contribution < -0.4 is 4.90 Å². The van der Waals surface area contributed by atoms with E-state index in [1.165, 1.54) is 61.0 Å². The van der Waals surface area contributed by atoms with Gasteiger partial charge in [0.2, 0.25) is 0 Å². The number of hydrogen-bond acceptors (Lipinski definition) is 3. The second kappa shape index (κ2) is 12.3. The van der Waals surface area contributed by atoms with Crippen LogP contribution in [0.25, 0.3) is 66.6 Å². The number of fused-ring (bicyclic) bond motifs is 8. The monoisotopic (exact) mass is 731 g/mol. The van der Waals surface area contributed by atoms with Crippen molar-refractivity contribution in [3.63, 3.8) is 0 Å². The van der Waals surface area contributed by atoms with Crippen molar-refractivity contribution in [1.29, 1.82) is 0 Å². The smallest absolute Gasteiger partial charge is 0.161 e. The molecule has 2 aliphatic carbocycles. The molecular formula is C54H41N3. The lowest BCUT2D eigenvalue weighted by molar-refractivity contribution is 0.640. The molecule has 0 radical (unpaired) electrons. The summed E-state index contributed by atoms with van der Waals surface area (Å²) in [5.41, 5.74) is 17.0. The van der Waals surface area contributed by atoms with Crippen molar-refractivity contribution in [2.24, 2.45) is 0 Å². The summed E-state index contributed by atoms with van der Waals surface area (Å²) in [7, 11) is 0. The maximum absolute atomic E-state index is 5.75. The van der Waals surface area contributed by atoms with Crippen LogP contribution in [0.1, 0.15) is 49.9 Å². The lowest BCUT2D eigenvalue weighted by atomic mass is 9.74. The van der Waals surface area contributed by atoms with E-state index in [9.17, 15) is 0 Å². The average Bonchev–Trinajstić information content (AvgIpc) is 3.64. The van der Waals surface area contributed by atoms with Crippen LogP contribution in [-0.2, 0) is 10.8 Å². The molecule has 0 fully saturated rings. The minimum Gasteiger partial charge on any atom is -0.310 e. The first-order chi connectivity index (χ1) is 27.8. The van der Waals surface area contributed by atoms with Crippen molar-refractivity contribution in [3.8, 4) is 44.9 Å². The van der Waals surface area contributed by atoms with Crippen LogP contribution in [0.15, 0.2) is 176 Å². The van der Waals surface area contributed by atoms with E-state index >= 15 is 0 Å². The third kappa shape index (κ3) is 4.79. The number of aromatic nitrogens is 2. The molecule has 0 aliphatic heterocycles. The Bertz CT molecular complexity index is 2940. The molecule has 1 aromatic heterocycles. The van der Waals surface area contributed by atoms with Crippen LogP contribution in [0.5, 0.6) is 0 Å². The third-order valence-electron chi connectivity index (χ3n) is 12.6. The predicted octanol–water partition coefficient (Wildman–Crippen LogP) is 14.2. The predicted molar refractivity (Wildman–Crippen MR) is 238 cm³/mol. The fraction of sp³-hybridized carbons (Fsp3) is 0.111. The van der Waals surface area contributed by atoms with Crippen molar-refractivity contribution in [2.75, 3.05) is 4.90 Å². The summed E-state index contributed by atoms with van der Waals surface area (Å²) in [6.45, 7) is 9.62. The highest BCUT2D eigenvalue weighted by atomic mass is 15.2. The second-order valence-corrected chi connectivity index (χ2v) is 16.5. The van der Waals surface area contributed by atoms with E-state index in [-0.39, 0.29) is 10.8 Å². The number of hydrogen-bond donors (Lipinski definition) is 0. The first kappa shape index (κ1) is 33.5.